The molecule has 0 atom stereocenters. The molecule has 28 heavy (non-hydrogen) atoms. The van der Waals surface area contributed by atoms with Gasteiger partial charge in [-0.3, -0.25) is 0 Å². The molecule has 0 aliphatic rings. The maximum absolute atomic E-state index is 2.26. The Morgan fingerprint density at radius 3 is 1.43 bits per heavy atom. The van der Waals surface area contributed by atoms with Crippen LogP contribution in [0.2, 0.25) is 0 Å². The van der Waals surface area contributed by atoms with Crippen LogP contribution in [0.25, 0.3) is 43.8 Å². The van der Waals surface area contributed by atoms with Gasteiger partial charge in [0, 0.05) is 0 Å². The van der Waals surface area contributed by atoms with E-state index in [4.69, 9.17) is 0 Å². The summed E-state index contributed by atoms with van der Waals surface area (Å²) in [7, 11) is 0. The number of benzene rings is 5. The fraction of sp³-hybridized carbons (Fsp3) is 0.0714. The second-order valence-electron chi connectivity index (χ2n) is 7.53. The molecule has 0 aromatic heterocycles. The van der Waals surface area contributed by atoms with E-state index in [1.54, 1.807) is 0 Å². The second kappa shape index (κ2) is 6.65. The maximum atomic E-state index is 2.26. The monoisotopic (exact) mass is 358 g/mol. The smallest absolute Gasteiger partial charge is 0.00697 e. The predicted molar refractivity (Wildman–Crippen MR) is 122 cm³/mol. The van der Waals surface area contributed by atoms with E-state index < -0.39 is 0 Å². The van der Waals surface area contributed by atoms with E-state index >= 15 is 0 Å². The Bertz CT molecular complexity index is 1290. The first-order chi connectivity index (χ1) is 13.7. The van der Waals surface area contributed by atoms with Crippen molar-refractivity contribution in [1.29, 1.82) is 0 Å². The first kappa shape index (κ1) is 16.8. The Morgan fingerprint density at radius 1 is 0.393 bits per heavy atom. The summed E-state index contributed by atoms with van der Waals surface area (Å²) in [5.41, 5.74) is 7.76. The van der Waals surface area contributed by atoms with Crippen LogP contribution in [0.15, 0.2) is 97.1 Å². The Labute approximate surface area is 166 Å². The van der Waals surface area contributed by atoms with Crippen molar-refractivity contribution in [3.05, 3.63) is 108 Å². The van der Waals surface area contributed by atoms with Crippen molar-refractivity contribution >= 4 is 21.5 Å². The summed E-state index contributed by atoms with van der Waals surface area (Å²) in [6, 6.07) is 35.2. The molecule has 0 radical (unpaired) electrons. The molecule has 0 nitrogen and oxygen atoms in total. The lowest BCUT2D eigenvalue weighted by Crippen LogP contribution is -1.90. The largest absolute Gasteiger partial charge is 0.0616 e. The van der Waals surface area contributed by atoms with Gasteiger partial charge in [0.1, 0.15) is 0 Å². The molecule has 0 bridgehead atoms. The fourth-order valence-corrected chi connectivity index (χ4v) is 4.27. The molecular formula is C28H22. The quantitative estimate of drug-likeness (QED) is 0.281. The van der Waals surface area contributed by atoms with E-state index in [9.17, 15) is 0 Å². The zero-order chi connectivity index (χ0) is 19.1. The molecule has 5 aromatic carbocycles. The lowest BCUT2D eigenvalue weighted by atomic mass is 9.88. The standard InChI is InChI=1S/C28H22/c1-19-11-13-21(14-12-19)22-15-17-23(18-16-22)28-20(2)24-7-3-4-8-25(24)26-9-5-6-10-27(26)28/h3-18H,1-2H3. The Morgan fingerprint density at radius 2 is 0.821 bits per heavy atom. The number of fused-ring (bicyclic) bond motifs is 3. The van der Waals surface area contributed by atoms with Gasteiger partial charge in [-0.25, -0.2) is 0 Å². The van der Waals surface area contributed by atoms with Crippen LogP contribution in [-0.4, -0.2) is 0 Å². The Kier molecular flexibility index (Phi) is 3.98. The van der Waals surface area contributed by atoms with Gasteiger partial charge in [0.15, 0.2) is 0 Å². The Balaban J connectivity index is 1.72. The van der Waals surface area contributed by atoms with Crippen LogP contribution in [0.1, 0.15) is 11.1 Å². The first-order valence-corrected chi connectivity index (χ1v) is 9.80. The molecule has 0 aliphatic heterocycles. The third-order valence-corrected chi connectivity index (χ3v) is 5.75. The lowest BCUT2D eigenvalue weighted by Gasteiger charge is -2.16. The molecule has 5 aromatic rings. The van der Waals surface area contributed by atoms with Crippen molar-refractivity contribution in [2.45, 2.75) is 13.8 Å². The SMILES string of the molecule is Cc1ccc(-c2ccc(-c3c(C)c4ccccc4c4ccccc34)cc2)cc1. The lowest BCUT2D eigenvalue weighted by molar-refractivity contribution is 1.47. The molecule has 0 spiro atoms. The van der Waals surface area contributed by atoms with Crippen LogP contribution in [0.4, 0.5) is 0 Å². The third kappa shape index (κ3) is 2.70. The topological polar surface area (TPSA) is 0 Å². The van der Waals surface area contributed by atoms with E-state index in [0.29, 0.717) is 0 Å². The molecule has 0 unspecified atom stereocenters. The third-order valence-electron chi connectivity index (χ3n) is 5.75. The summed E-state index contributed by atoms with van der Waals surface area (Å²) >= 11 is 0. The summed E-state index contributed by atoms with van der Waals surface area (Å²) in [6.07, 6.45) is 0. The molecule has 0 saturated carbocycles. The van der Waals surface area contributed by atoms with Crippen molar-refractivity contribution in [3.8, 4) is 22.3 Å². The zero-order valence-corrected chi connectivity index (χ0v) is 16.2. The molecule has 0 heteroatoms. The van der Waals surface area contributed by atoms with Crippen LogP contribution in [-0.2, 0) is 0 Å². The molecule has 134 valence electrons. The minimum absolute atomic E-state index is 1.26. The highest BCUT2D eigenvalue weighted by molar-refractivity contribution is 6.15. The van der Waals surface area contributed by atoms with Crippen LogP contribution >= 0.6 is 0 Å². The highest BCUT2D eigenvalue weighted by Gasteiger charge is 2.12. The molecule has 5 rings (SSSR count). The van der Waals surface area contributed by atoms with E-state index in [1.165, 1.54) is 54.9 Å². The van der Waals surface area contributed by atoms with Gasteiger partial charge in [0.25, 0.3) is 0 Å². The van der Waals surface area contributed by atoms with Crippen LogP contribution in [0.5, 0.6) is 0 Å². The van der Waals surface area contributed by atoms with Gasteiger partial charge in [-0.1, -0.05) is 103 Å². The van der Waals surface area contributed by atoms with Crippen molar-refractivity contribution in [1.82, 2.24) is 0 Å². The molecular weight excluding hydrogens is 336 g/mol. The number of hydrogen-bond acceptors (Lipinski definition) is 0. The van der Waals surface area contributed by atoms with Crippen molar-refractivity contribution < 1.29 is 0 Å². The van der Waals surface area contributed by atoms with Gasteiger partial charge in [-0.2, -0.15) is 0 Å². The van der Waals surface area contributed by atoms with Gasteiger partial charge in [-0.05, 0) is 63.2 Å². The van der Waals surface area contributed by atoms with Crippen molar-refractivity contribution in [2.75, 3.05) is 0 Å². The molecule has 0 aliphatic carbocycles. The van der Waals surface area contributed by atoms with E-state index in [-0.39, 0.29) is 0 Å². The zero-order valence-electron chi connectivity index (χ0n) is 16.2. The molecule has 0 fully saturated rings. The van der Waals surface area contributed by atoms with Gasteiger partial charge < -0.3 is 0 Å². The van der Waals surface area contributed by atoms with Gasteiger partial charge >= 0.3 is 0 Å². The molecule has 0 heterocycles. The van der Waals surface area contributed by atoms with E-state index in [1.807, 2.05) is 0 Å². The van der Waals surface area contributed by atoms with Crippen molar-refractivity contribution in [2.24, 2.45) is 0 Å². The molecule has 0 amide bonds. The minimum atomic E-state index is 1.26. The van der Waals surface area contributed by atoms with Gasteiger partial charge in [0.05, 0.1) is 0 Å². The minimum Gasteiger partial charge on any atom is -0.0616 e. The molecule has 0 saturated heterocycles. The average Bonchev–Trinajstić information content (AvgIpc) is 2.75. The van der Waals surface area contributed by atoms with Gasteiger partial charge in [-0.15, -0.1) is 0 Å². The molecule has 0 N–H and O–H groups in total. The number of hydrogen-bond donors (Lipinski definition) is 0. The Hall–Kier alpha value is -3.38. The van der Waals surface area contributed by atoms with Gasteiger partial charge in [0.2, 0.25) is 0 Å². The van der Waals surface area contributed by atoms with Crippen molar-refractivity contribution in [3.63, 3.8) is 0 Å². The van der Waals surface area contributed by atoms with Crippen LogP contribution < -0.4 is 0 Å². The maximum Gasteiger partial charge on any atom is -0.00697 e. The fourth-order valence-electron chi connectivity index (χ4n) is 4.27. The summed E-state index contributed by atoms with van der Waals surface area (Å²) in [5, 5.41) is 5.30. The normalized spacial score (nSPS) is 11.2. The van der Waals surface area contributed by atoms with Crippen LogP contribution in [0.3, 0.4) is 0 Å². The second-order valence-corrected chi connectivity index (χ2v) is 7.53. The highest BCUT2D eigenvalue weighted by Crippen LogP contribution is 2.39. The number of aryl methyl sites for hydroxylation is 2. The summed E-state index contributed by atoms with van der Waals surface area (Å²) in [4.78, 5) is 0. The predicted octanol–water partition coefficient (Wildman–Crippen LogP) is 7.94. The summed E-state index contributed by atoms with van der Waals surface area (Å²) in [5.74, 6) is 0. The van der Waals surface area contributed by atoms with E-state index in [0.717, 1.165) is 0 Å². The summed E-state index contributed by atoms with van der Waals surface area (Å²) < 4.78 is 0. The summed E-state index contributed by atoms with van der Waals surface area (Å²) in [6.45, 7) is 4.37. The van der Waals surface area contributed by atoms with Crippen LogP contribution in [0, 0.1) is 13.8 Å². The average molecular weight is 358 g/mol. The first-order valence-electron chi connectivity index (χ1n) is 9.80. The highest BCUT2D eigenvalue weighted by atomic mass is 14.2. The van der Waals surface area contributed by atoms with E-state index in [2.05, 4.69) is 111 Å². The number of rotatable bonds is 2.